The van der Waals surface area contributed by atoms with Gasteiger partial charge in [-0.25, -0.2) is 0 Å². The van der Waals surface area contributed by atoms with E-state index in [1.54, 1.807) is 0 Å². The predicted molar refractivity (Wildman–Crippen MR) is 82.9 cm³/mol. The Morgan fingerprint density at radius 2 is 2.00 bits per heavy atom. The first-order valence-electron chi connectivity index (χ1n) is 7.27. The lowest BCUT2D eigenvalue weighted by Crippen LogP contribution is -2.28. The van der Waals surface area contributed by atoms with Crippen LogP contribution in [0.25, 0.3) is 10.8 Å². The number of hydrogen-bond donors (Lipinski definition) is 1. The van der Waals surface area contributed by atoms with Crippen LogP contribution in [0.5, 0.6) is 0 Å². The Morgan fingerprint density at radius 3 is 2.84 bits per heavy atom. The van der Waals surface area contributed by atoms with Gasteiger partial charge in [0, 0.05) is 30.7 Å². The minimum atomic E-state index is 0.720. The fourth-order valence-corrected chi connectivity index (χ4v) is 3.01. The molecule has 2 nitrogen and oxygen atoms in total. The number of anilines is 1. The summed E-state index contributed by atoms with van der Waals surface area (Å²) in [5, 5.41) is 6.25. The van der Waals surface area contributed by atoms with Crippen LogP contribution in [0, 0.1) is 0 Å². The molecule has 1 aliphatic heterocycles. The van der Waals surface area contributed by atoms with Crippen molar-refractivity contribution in [3.63, 3.8) is 0 Å². The molecule has 19 heavy (non-hydrogen) atoms. The average molecular weight is 254 g/mol. The van der Waals surface area contributed by atoms with Gasteiger partial charge in [-0.05, 0) is 37.3 Å². The summed E-state index contributed by atoms with van der Waals surface area (Å²) >= 11 is 0. The van der Waals surface area contributed by atoms with Gasteiger partial charge in [-0.1, -0.05) is 36.4 Å². The van der Waals surface area contributed by atoms with Crippen molar-refractivity contribution >= 4 is 16.5 Å². The fourth-order valence-electron chi connectivity index (χ4n) is 3.01. The second kappa shape index (κ2) is 5.62. The SMILES string of the molecule is CN(CCC1CCCN1)c1cccc2ccccc12. The summed E-state index contributed by atoms with van der Waals surface area (Å²) in [6.07, 6.45) is 3.91. The van der Waals surface area contributed by atoms with Crippen LogP contribution in [0.4, 0.5) is 5.69 Å². The molecule has 0 bridgehead atoms. The van der Waals surface area contributed by atoms with Crippen molar-refractivity contribution in [2.45, 2.75) is 25.3 Å². The van der Waals surface area contributed by atoms with Crippen LogP contribution in [0.3, 0.4) is 0 Å². The van der Waals surface area contributed by atoms with Gasteiger partial charge in [-0.15, -0.1) is 0 Å². The first-order valence-corrected chi connectivity index (χ1v) is 7.27. The molecule has 0 spiro atoms. The molecule has 0 saturated carbocycles. The Bertz CT molecular complexity index is 538. The Morgan fingerprint density at radius 1 is 1.16 bits per heavy atom. The molecule has 1 atom stereocenters. The van der Waals surface area contributed by atoms with E-state index in [1.807, 2.05) is 0 Å². The minimum Gasteiger partial charge on any atom is -0.374 e. The van der Waals surface area contributed by atoms with Crippen molar-refractivity contribution in [1.29, 1.82) is 0 Å². The first kappa shape index (κ1) is 12.5. The maximum absolute atomic E-state index is 3.57. The first-order chi connectivity index (χ1) is 9.34. The van der Waals surface area contributed by atoms with Gasteiger partial charge in [0.15, 0.2) is 0 Å². The molecule has 0 radical (unpaired) electrons. The number of nitrogens with zero attached hydrogens (tertiary/aromatic N) is 1. The Kier molecular flexibility index (Phi) is 3.69. The summed E-state index contributed by atoms with van der Waals surface area (Å²) in [5.41, 5.74) is 1.34. The van der Waals surface area contributed by atoms with Crippen LogP contribution in [0.1, 0.15) is 19.3 Å². The monoisotopic (exact) mass is 254 g/mol. The largest absolute Gasteiger partial charge is 0.374 e. The Hall–Kier alpha value is -1.54. The van der Waals surface area contributed by atoms with E-state index in [0.29, 0.717) is 0 Å². The zero-order valence-corrected chi connectivity index (χ0v) is 11.6. The van der Waals surface area contributed by atoms with Crippen LogP contribution in [-0.4, -0.2) is 26.2 Å². The van der Waals surface area contributed by atoms with Gasteiger partial charge < -0.3 is 10.2 Å². The molecule has 1 fully saturated rings. The van der Waals surface area contributed by atoms with Crippen LogP contribution in [-0.2, 0) is 0 Å². The highest BCUT2D eigenvalue weighted by Gasteiger charge is 2.14. The van der Waals surface area contributed by atoms with Crippen LogP contribution in [0.15, 0.2) is 42.5 Å². The third-order valence-electron chi connectivity index (χ3n) is 4.15. The van der Waals surface area contributed by atoms with Gasteiger partial charge >= 0.3 is 0 Å². The van der Waals surface area contributed by atoms with Crippen LogP contribution in [0.2, 0.25) is 0 Å². The summed E-state index contributed by atoms with van der Waals surface area (Å²) in [7, 11) is 2.21. The van der Waals surface area contributed by atoms with E-state index in [1.165, 1.54) is 42.3 Å². The van der Waals surface area contributed by atoms with E-state index < -0.39 is 0 Å². The smallest absolute Gasteiger partial charge is 0.0443 e. The molecule has 2 aromatic rings. The van der Waals surface area contributed by atoms with Gasteiger partial charge in [-0.3, -0.25) is 0 Å². The highest BCUT2D eigenvalue weighted by molar-refractivity contribution is 5.94. The average Bonchev–Trinajstić information content (AvgIpc) is 2.97. The molecule has 1 heterocycles. The zero-order chi connectivity index (χ0) is 13.1. The van der Waals surface area contributed by atoms with Gasteiger partial charge in [0.05, 0.1) is 0 Å². The van der Waals surface area contributed by atoms with E-state index in [9.17, 15) is 0 Å². The van der Waals surface area contributed by atoms with E-state index >= 15 is 0 Å². The molecule has 3 rings (SSSR count). The van der Waals surface area contributed by atoms with Crippen molar-refractivity contribution in [1.82, 2.24) is 5.32 Å². The molecule has 1 aliphatic rings. The van der Waals surface area contributed by atoms with Gasteiger partial charge in [0.25, 0.3) is 0 Å². The molecular weight excluding hydrogens is 232 g/mol. The Labute approximate surface area is 115 Å². The summed E-state index contributed by atoms with van der Waals surface area (Å²) in [4.78, 5) is 2.39. The van der Waals surface area contributed by atoms with Gasteiger partial charge in [0.1, 0.15) is 0 Å². The van der Waals surface area contributed by atoms with Crippen molar-refractivity contribution < 1.29 is 0 Å². The number of rotatable bonds is 4. The summed E-state index contributed by atoms with van der Waals surface area (Å²) in [6.45, 7) is 2.31. The highest BCUT2D eigenvalue weighted by Crippen LogP contribution is 2.26. The van der Waals surface area contributed by atoms with E-state index in [-0.39, 0.29) is 0 Å². The zero-order valence-electron chi connectivity index (χ0n) is 11.6. The molecule has 1 N–H and O–H groups in total. The molecular formula is C17H22N2. The molecule has 0 amide bonds. The maximum Gasteiger partial charge on any atom is 0.0443 e. The standard InChI is InChI=1S/C17H22N2/c1-19(13-11-15-8-5-12-18-15)17-10-4-7-14-6-2-3-9-16(14)17/h2-4,6-7,9-10,15,18H,5,8,11-13H2,1H3. The molecule has 1 saturated heterocycles. The molecule has 0 aromatic heterocycles. The van der Waals surface area contributed by atoms with Crippen LogP contribution >= 0.6 is 0 Å². The molecule has 1 unspecified atom stereocenters. The van der Waals surface area contributed by atoms with E-state index in [4.69, 9.17) is 0 Å². The number of benzene rings is 2. The second-order valence-electron chi connectivity index (χ2n) is 5.50. The third kappa shape index (κ3) is 2.74. The van der Waals surface area contributed by atoms with E-state index in [0.717, 1.165) is 12.6 Å². The maximum atomic E-state index is 3.57. The normalized spacial score (nSPS) is 18.9. The predicted octanol–water partition coefficient (Wildman–Crippen LogP) is 3.42. The van der Waals surface area contributed by atoms with Crippen molar-refractivity contribution in [3.05, 3.63) is 42.5 Å². The Balaban J connectivity index is 1.75. The lowest BCUT2D eigenvalue weighted by Gasteiger charge is -2.23. The highest BCUT2D eigenvalue weighted by atomic mass is 15.1. The molecule has 0 aliphatic carbocycles. The number of nitrogens with one attached hydrogen (secondary N) is 1. The third-order valence-corrected chi connectivity index (χ3v) is 4.15. The number of fused-ring (bicyclic) bond motifs is 1. The summed E-state index contributed by atoms with van der Waals surface area (Å²) < 4.78 is 0. The fraction of sp³-hybridized carbons (Fsp3) is 0.412. The van der Waals surface area contributed by atoms with Crippen molar-refractivity contribution in [2.75, 3.05) is 25.0 Å². The minimum absolute atomic E-state index is 0.720. The van der Waals surface area contributed by atoms with Gasteiger partial charge in [0.2, 0.25) is 0 Å². The molecule has 2 heteroatoms. The number of hydrogen-bond acceptors (Lipinski definition) is 2. The van der Waals surface area contributed by atoms with Crippen LogP contribution < -0.4 is 10.2 Å². The lowest BCUT2D eigenvalue weighted by molar-refractivity contribution is 0.559. The van der Waals surface area contributed by atoms with Crippen molar-refractivity contribution in [2.24, 2.45) is 0 Å². The molecule has 2 aromatic carbocycles. The summed E-state index contributed by atoms with van der Waals surface area (Å²) in [6, 6.07) is 15.9. The summed E-state index contributed by atoms with van der Waals surface area (Å²) in [5.74, 6) is 0. The lowest BCUT2D eigenvalue weighted by atomic mass is 10.1. The van der Waals surface area contributed by atoms with Gasteiger partial charge in [-0.2, -0.15) is 0 Å². The van der Waals surface area contributed by atoms with E-state index in [2.05, 4.69) is 59.7 Å². The molecule has 100 valence electrons. The van der Waals surface area contributed by atoms with Crippen molar-refractivity contribution in [3.8, 4) is 0 Å². The topological polar surface area (TPSA) is 15.3 Å². The second-order valence-corrected chi connectivity index (χ2v) is 5.50. The quantitative estimate of drug-likeness (QED) is 0.899.